The highest BCUT2D eigenvalue weighted by atomic mass is 16.4. The lowest BCUT2D eigenvalue weighted by Crippen LogP contribution is -2.66. The number of fused-ring (bicyclic) bond motifs is 5. The maximum absolute atomic E-state index is 12.0. The average Bonchev–Trinajstić information content (AvgIpc) is 2.68. The summed E-state index contributed by atoms with van der Waals surface area (Å²) in [4.78, 5) is 12.0. The minimum atomic E-state index is -0.588. The Morgan fingerprint density at radius 1 is 0.806 bits per heavy atom. The van der Waals surface area contributed by atoms with Crippen molar-refractivity contribution in [2.24, 2.45) is 50.2 Å². The van der Waals surface area contributed by atoms with Crippen molar-refractivity contribution in [2.75, 3.05) is 0 Å². The zero-order valence-corrected chi connectivity index (χ0v) is 21.9. The lowest BCUT2D eigenvalue weighted by Gasteiger charge is -2.74. The fourth-order valence-electron chi connectivity index (χ4n) is 10.3. The molecule has 0 saturated heterocycles. The number of hydrogen-bond acceptors (Lipinski definition) is 1. The monoisotopic (exact) mass is 430 g/mol. The van der Waals surface area contributed by atoms with E-state index in [1.54, 1.807) is 0 Å². The largest absolute Gasteiger partial charge is 0.481 e. The van der Waals surface area contributed by atoms with Crippen LogP contribution >= 0.6 is 0 Å². The molecular weight excluding hydrogens is 380 g/mol. The zero-order chi connectivity index (χ0) is 23.1. The fourth-order valence-corrected chi connectivity index (χ4v) is 10.3. The minimum absolute atomic E-state index is 0.160. The van der Waals surface area contributed by atoms with Crippen LogP contribution in [0.1, 0.15) is 126 Å². The van der Waals surface area contributed by atoms with E-state index in [9.17, 15) is 9.90 Å². The van der Waals surface area contributed by atoms with Gasteiger partial charge in [-0.2, -0.15) is 0 Å². The highest BCUT2D eigenvalue weighted by molar-refractivity contribution is 5.67. The highest BCUT2D eigenvalue weighted by Gasteiger charge is 2.69. The molecule has 0 aromatic rings. The molecule has 178 valence electrons. The van der Waals surface area contributed by atoms with Crippen LogP contribution in [0.5, 0.6) is 0 Å². The smallest absolute Gasteiger partial charge is 0.303 e. The molecule has 4 rings (SSSR count). The van der Waals surface area contributed by atoms with Crippen molar-refractivity contribution in [3.8, 4) is 0 Å². The molecule has 0 bridgehead atoms. The molecule has 2 heteroatoms. The molecule has 0 heterocycles. The Bertz CT molecular complexity index is 741. The Morgan fingerprint density at radius 3 is 2.00 bits per heavy atom. The van der Waals surface area contributed by atoms with Gasteiger partial charge in [0.1, 0.15) is 0 Å². The Hall–Kier alpha value is -0.530. The molecule has 0 unspecified atom stereocenters. The third-order valence-electron chi connectivity index (χ3n) is 12.8. The number of carbonyl (C=O) groups is 1. The van der Waals surface area contributed by atoms with Gasteiger partial charge in [0.05, 0.1) is 0 Å². The topological polar surface area (TPSA) is 37.3 Å². The molecule has 4 aliphatic rings. The van der Waals surface area contributed by atoms with E-state index in [0.717, 1.165) is 12.3 Å². The molecule has 4 aliphatic carbocycles. The molecule has 8 atom stereocenters. The van der Waals surface area contributed by atoms with E-state index in [0.29, 0.717) is 39.9 Å². The van der Waals surface area contributed by atoms with Gasteiger partial charge in [-0.25, -0.2) is 0 Å². The SMILES string of the molecule is CC[C@@]1(C)CC[C@H]2[C@@](C)(CC[C@@]3(C)[C@@H]4CC(C)(C)CC[C@]4(C)CC[C@]23C)[C@@H]1CC(=O)O. The zero-order valence-electron chi connectivity index (χ0n) is 21.9. The van der Waals surface area contributed by atoms with Crippen molar-refractivity contribution in [1.82, 2.24) is 0 Å². The number of hydrogen-bond donors (Lipinski definition) is 1. The lowest BCUT2D eigenvalue weighted by atomic mass is 9.31. The summed E-state index contributed by atoms with van der Waals surface area (Å²) in [6.07, 6.45) is 13.4. The summed E-state index contributed by atoms with van der Waals surface area (Å²) in [5.41, 5.74) is 2.02. The third-order valence-corrected chi connectivity index (χ3v) is 12.8. The first-order valence-corrected chi connectivity index (χ1v) is 13.4. The van der Waals surface area contributed by atoms with E-state index in [-0.39, 0.29) is 10.8 Å². The fraction of sp³-hybridized carbons (Fsp3) is 0.966. The van der Waals surface area contributed by atoms with Crippen molar-refractivity contribution < 1.29 is 9.90 Å². The van der Waals surface area contributed by atoms with Crippen LogP contribution in [0.15, 0.2) is 0 Å². The van der Waals surface area contributed by atoms with Gasteiger partial charge < -0.3 is 5.11 Å². The van der Waals surface area contributed by atoms with E-state index in [1.807, 2.05) is 0 Å². The molecule has 0 aromatic heterocycles. The molecular formula is C29H50O2. The van der Waals surface area contributed by atoms with Crippen LogP contribution in [-0.2, 0) is 4.79 Å². The van der Waals surface area contributed by atoms with Gasteiger partial charge in [0.15, 0.2) is 0 Å². The highest BCUT2D eigenvalue weighted by Crippen LogP contribution is 2.77. The molecule has 0 aromatic carbocycles. The van der Waals surface area contributed by atoms with E-state index < -0.39 is 5.97 Å². The maximum atomic E-state index is 12.0. The van der Waals surface area contributed by atoms with Crippen molar-refractivity contribution in [3.05, 3.63) is 0 Å². The third kappa shape index (κ3) is 3.19. The summed E-state index contributed by atoms with van der Waals surface area (Å²) >= 11 is 0. The maximum Gasteiger partial charge on any atom is 0.303 e. The minimum Gasteiger partial charge on any atom is -0.481 e. The van der Waals surface area contributed by atoms with Crippen LogP contribution in [0.4, 0.5) is 0 Å². The number of carboxylic acid groups (broad SMARTS) is 1. The summed E-state index contributed by atoms with van der Waals surface area (Å²) in [5, 5.41) is 9.89. The summed E-state index contributed by atoms with van der Waals surface area (Å²) in [6, 6.07) is 0. The second-order valence-electron chi connectivity index (χ2n) is 14.7. The van der Waals surface area contributed by atoms with Gasteiger partial charge in [-0.15, -0.1) is 0 Å². The second kappa shape index (κ2) is 6.99. The molecule has 0 spiro atoms. The Labute approximate surface area is 192 Å². The van der Waals surface area contributed by atoms with E-state index in [1.165, 1.54) is 57.8 Å². The molecule has 0 aliphatic heterocycles. The molecule has 31 heavy (non-hydrogen) atoms. The predicted octanol–water partition coefficient (Wildman–Crippen LogP) is 8.34. The van der Waals surface area contributed by atoms with Gasteiger partial charge >= 0.3 is 5.97 Å². The van der Waals surface area contributed by atoms with Gasteiger partial charge in [0.2, 0.25) is 0 Å². The van der Waals surface area contributed by atoms with E-state index in [2.05, 4.69) is 55.4 Å². The van der Waals surface area contributed by atoms with Crippen LogP contribution < -0.4 is 0 Å². The standard InChI is InChI=1S/C29H50O2/c1-9-25(4)11-10-20-27(6,21(25)18-23(30)31)15-17-29(8)22-19-24(2,3)12-13-26(22,5)14-16-28(20,29)7/h20-22H,9-19H2,1-8H3,(H,30,31)/t20-,21+,22+,25-,26+,27+,28+,29-/m0/s1. The van der Waals surface area contributed by atoms with Crippen LogP contribution in [0.2, 0.25) is 0 Å². The van der Waals surface area contributed by atoms with Gasteiger partial charge in [0.25, 0.3) is 0 Å². The predicted molar refractivity (Wildman–Crippen MR) is 129 cm³/mol. The first kappa shape index (κ1) is 23.6. The summed E-state index contributed by atoms with van der Waals surface area (Å²) < 4.78 is 0. The number of aliphatic carboxylic acids is 1. The average molecular weight is 431 g/mol. The molecule has 4 fully saturated rings. The summed E-state index contributed by atoms with van der Waals surface area (Å²) in [6.45, 7) is 20.2. The van der Waals surface area contributed by atoms with Crippen molar-refractivity contribution >= 4 is 5.97 Å². The number of rotatable bonds is 3. The van der Waals surface area contributed by atoms with Crippen molar-refractivity contribution in [3.63, 3.8) is 0 Å². The van der Waals surface area contributed by atoms with Crippen LogP contribution in [0.3, 0.4) is 0 Å². The Morgan fingerprint density at radius 2 is 1.39 bits per heavy atom. The Kier molecular flexibility index (Phi) is 5.32. The van der Waals surface area contributed by atoms with Gasteiger partial charge in [-0.05, 0) is 108 Å². The lowest BCUT2D eigenvalue weighted by molar-refractivity contribution is -0.251. The van der Waals surface area contributed by atoms with Gasteiger partial charge in [-0.3, -0.25) is 4.79 Å². The van der Waals surface area contributed by atoms with Crippen LogP contribution in [0.25, 0.3) is 0 Å². The second-order valence-corrected chi connectivity index (χ2v) is 14.7. The molecule has 4 saturated carbocycles. The van der Waals surface area contributed by atoms with E-state index >= 15 is 0 Å². The number of carboxylic acids is 1. The first-order valence-electron chi connectivity index (χ1n) is 13.4. The molecule has 1 N–H and O–H groups in total. The first-order chi connectivity index (χ1) is 14.2. The summed E-state index contributed by atoms with van der Waals surface area (Å²) in [7, 11) is 0. The summed E-state index contributed by atoms with van der Waals surface area (Å²) in [5.74, 6) is 1.19. The van der Waals surface area contributed by atoms with Crippen molar-refractivity contribution in [1.29, 1.82) is 0 Å². The molecule has 0 radical (unpaired) electrons. The van der Waals surface area contributed by atoms with Crippen LogP contribution in [0, 0.1) is 50.2 Å². The van der Waals surface area contributed by atoms with Gasteiger partial charge in [0, 0.05) is 6.42 Å². The molecule has 0 amide bonds. The van der Waals surface area contributed by atoms with Gasteiger partial charge in [-0.1, -0.05) is 61.8 Å². The van der Waals surface area contributed by atoms with E-state index in [4.69, 9.17) is 0 Å². The quantitative estimate of drug-likeness (QED) is 0.488. The Balaban J connectivity index is 1.76. The van der Waals surface area contributed by atoms with Crippen LogP contribution in [-0.4, -0.2) is 11.1 Å². The molecule has 2 nitrogen and oxygen atoms in total. The normalized spacial score (nSPS) is 53.7. The van der Waals surface area contributed by atoms with Crippen molar-refractivity contribution in [2.45, 2.75) is 126 Å².